The molecule has 0 fully saturated rings. The van der Waals surface area contributed by atoms with Gasteiger partial charge in [0.1, 0.15) is 12.3 Å². The lowest BCUT2D eigenvalue weighted by molar-refractivity contribution is -0.120. The first kappa shape index (κ1) is 26.9. The number of benzene rings is 3. The van der Waals surface area contributed by atoms with Gasteiger partial charge in [-0.05, 0) is 62.7 Å². The summed E-state index contributed by atoms with van der Waals surface area (Å²) >= 11 is 0. The Balaban J connectivity index is 1.88. The van der Waals surface area contributed by atoms with E-state index in [0.29, 0.717) is 18.0 Å². The number of hydrogen-bond donors (Lipinski definition) is 1. The van der Waals surface area contributed by atoms with Crippen LogP contribution in [0.3, 0.4) is 0 Å². The molecule has 192 valence electrons. The number of carbonyl (C=O) groups excluding carboxylic acids is 1. The number of rotatable bonds is 11. The number of hydrogen-bond acceptors (Lipinski definition) is 6. The first-order valence-corrected chi connectivity index (χ1v) is 13.0. The van der Waals surface area contributed by atoms with Gasteiger partial charge in [0.05, 0.1) is 37.5 Å². The molecule has 0 aliphatic rings. The summed E-state index contributed by atoms with van der Waals surface area (Å²) in [6, 6.07) is 18.4. The third kappa shape index (κ3) is 6.28. The zero-order valence-electron chi connectivity index (χ0n) is 21.1. The van der Waals surface area contributed by atoms with Crippen molar-refractivity contribution >= 4 is 21.6 Å². The monoisotopic (exact) mass is 512 g/mol. The van der Waals surface area contributed by atoms with Crippen LogP contribution in [0.15, 0.2) is 71.6 Å². The number of aryl methyl sites for hydroxylation is 1. The van der Waals surface area contributed by atoms with Crippen LogP contribution in [0.2, 0.25) is 0 Å². The minimum Gasteiger partial charge on any atom is -0.494 e. The zero-order chi connectivity index (χ0) is 26.3. The quantitative estimate of drug-likeness (QED) is 0.407. The molecule has 3 rings (SSSR count). The molecule has 0 radical (unpaired) electrons. The number of amides is 1. The molecule has 1 atom stereocenters. The van der Waals surface area contributed by atoms with E-state index in [1.54, 1.807) is 24.3 Å². The molecule has 0 heterocycles. The van der Waals surface area contributed by atoms with Crippen LogP contribution in [0.25, 0.3) is 0 Å². The summed E-state index contributed by atoms with van der Waals surface area (Å²) < 4.78 is 44.5. The molecule has 3 aromatic rings. The van der Waals surface area contributed by atoms with Crippen LogP contribution >= 0.6 is 0 Å². The Bertz CT molecular complexity index is 1270. The second kappa shape index (κ2) is 11.8. The topological polar surface area (TPSA) is 94.2 Å². The highest BCUT2D eigenvalue weighted by molar-refractivity contribution is 7.92. The fourth-order valence-corrected chi connectivity index (χ4v) is 5.09. The Morgan fingerprint density at radius 3 is 2.17 bits per heavy atom. The molecule has 9 heteroatoms. The number of nitrogens with one attached hydrogen (secondary N) is 1. The number of anilines is 1. The summed E-state index contributed by atoms with van der Waals surface area (Å²) in [5, 5.41) is 2.89. The number of sulfonamides is 1. The molecular formula is C27H32N2O6S. The minimum absolute atomic E-state index is 0.0203. The SMILES string of the molecule is CCOc1ccc([C@@H](C)NC(=O)CN(c2ccc(C)cc2)S(=O)(=O)c2ccc(OC)c(OC)c2)cc1. The molecule has 0 spiro atoms. The van der Waals surface area contributed by atoms with E-state index in [0.717, 1.165) is 21.2 Å². The van der Waals surface area contributed by atoms with Gasteiger partial charge in [-0.3, -0.25) is 9.10 Å². The Hall–Kier alpha value is -3.72. The van der Waals surface area contributed by atoms with Gasteiger partial charge in [-0.2, -0.15) is 0 Å². The molecule has 0 saturated heterocycles. The lowest BCUT2D eigenvalue weighted by Crippen LogP contribution is -2.41. The molecule has 0 unspecified atom stereocenters. The molecule has 1 N–H and O–H groups in total. The van der Waals surface area contributed by atoms with E-state index in [9.17, 15) is 13.2 Å². The smallest absolute Gasteiger partial charge is 0.264 e. The largest absolute Gasteiger partial charge is 0.494 e. The lowest BCUT2D eigenvalue weighted by atomic mass is 10.1. The van der Waals surface area contributed by atoms with Crippen molar-refractivity contribution in [3.05, 3.63) is 77.9 Å². The Labute approximate surface area is 212 Å². The molecule has 8 nitrogen and oxygen atoms in total. The van der Waals surface area contributed by atoms with Gasteiger partial charge in [-0.15, -0.1) is 0 Å². The second-order valence-electron chi connectivity index (χ2n) is 8.16. The van der Waals surface area contributed by atoms with E-state index in [1.165, 1.54) is 32.4 Å². The van der Waals surface area contributed by atoms with E-state index < -0.39 is 22.5 Å². The summed E-state index contributed by atoms with van der Waals surface area (Å²) in [4.78, 5) is 13.0. The standard InChI is InChI=1S/C27H32N2O6S/c1-6-35-23-13-9-21(10-14-23)20(3)28-27(30)18-29(22-11-7-19(2)8-12-22)36(31,32)24-15-16-25(33-4)26(17-24)34-5/h7-17,20H,6,18H2,1-5H3,(H,28,30)/t20-/m1/s1. The first-order chi connectivity index (χ1) is 17.2. The summed E-state index contributed by atoms with van der Waals surface area (Å²) in [6.45, 7) is 5.82. The van der Waals surface area contributed by atoms with Gasteiger partial charge in [-0.1, -0.05) is 29.8 Å². The maximum atomic E-state index is 13.7. The molecule has 0 aliphatic carbocycles. The van der Waals surface area contributed by atoms with Crippen molar-refractivity contribution in [2.45, 2.75) is 31.7 Å². The van der Waals surface area contributed by atoms with Crippen molar-refractivity contribution < 1.29 is 27.4 Å². The van der Waals surface area contributed by atoms with E-state index in [1.807, 2.05) is 45.0 Å². The van der Waals surface area contributed by atoms with Gasteiger partial charge in [0, 0.05) is 6.07 Å². The van der Waals surface area contributed by atoms with Gasteiger partial charge in [-0.25, -0.2) is 8.42 Å². The van der Waals surface area contributed by atoms with Gasteiger partial charge >= 0.3 is 0 Å². The zero-order valence-corrected chi connectivity index (χ0v) is 22.0. The summed E-state index contributed by atoms with van der Waals surface area (Å²) in [5.74, 6) is 0.976. The van der Waals surface area contributed by atoms with Crippen LogP contribution in [0, 0.1) is 6.92 Å². The minimum atomic E-state index is -4.11. The Kier molecular flexibility index (Phi) is 8.82. The Morgan fingerprint density at radius 1 is 0.944 bits per heavy atom. The fraction of sp³-hybridized carbons (Fsp3) is 0.296. The van der Waals surface area contributed by atoms with E-state index >= 15 is 0 Å². The van der Waals surface area contributed by atoms with Gasteiger partial charge in [0.25, 0.3) is 10.0 Å². The molecule has 36 heavy (non-hydrogen) atoms. The molecule has 0 aromatic heterocycles. The van der Waals surface area contributed by atoms with E-state index in [4.69, 9.17) is 14.2 Å². The first-order valence-electron chi connectivity index (χ1n) is 11.5. The van der Waals surface area contributed by atoms with Gasteiger partial charge in [0.15, 0.2) is 11.5 Å². The second-order valence-corrected chi connectivity index (χ2v) is 10.0. The van der Waals surface area contributed by atoms with Crippen molar-refractivity contribution in [2.24, 2.45) is 0 Å². The summed E-state index contributed by atoms with van der Waals surface area (Å²) in [7, 11) is -1.21. The maximum Gasteiger partial charge on any atom is 0.264 e. The lowest BCUT2D eigenvalue weighted by Gasteiger charge is -2.25. The van der Waals surface area contributed by atoms with Gasteiger partial charge < -0.3 is 19.5 Å². The number of ether oxygens (including phenoxy) is 3. The summed E-state index contributed by atoms with van der Waals surface area (Å²) in [5.41, 5.74) is 2.21. The highest BCUT2D eigenvalue weighted by Crippen LogP contribution is 2.32. The Morgan fingerprint density at radius 2 is 1.58 bits per heavy atom. The average molecular weight is 513 g/mol. The van der Waals surface area contributed by atoms with Crippen molar-refractivity contribution in [2.75, 3.05) is 31.7 Å². The fourth-order valence-electron chi connectivity index (χ4n) is 3.65. The van der Waals surface area contributed by atoms with Crippen molar-refractivity contribution in [3.63, 3.8) is 0 Å². The highest BCUT2D eigenvalue weighted by Gasteiger charge is 2.29. The highest BCUT2D eigenvalue weighted by atomic mass is 32.2. The summed E-state index contributed by atoms with van der Waals surface area (Å²) in [6.07, 6.45) is 0. The van der Waals surface area contributed by atoms with E-state index in [2.05, 4.69) is 5.32 Å². The number of carbonyl (C=O) groups is 1. The molecule has 0 bridgehead atoms. The van der Waals surface area contributed by atoms with Crippen molar-refractivity contribution in [1.82, 2.24) is 5.32 Å². The maximum absolute atomic E-state index is 13.7. The van der Waals surface area contributed by atoms with Gasteiger partial charge in [0.2, 0.25) is 5.91 Å². The molecule has 0 aliphatic heterocycles. The van der Waals surface area contributed by atoms with Crippen LogP contribution in [0.4, 0.5) is 5.69 Å². The molecular weight excluding hydrogens is 480 g/mol. The van der Waals surface area contributed by atoms with Crippen LogP contribution in [0.1, 0.15) is 31.0 Å². The van der Waals surface area contributed by atoms with Crippen molar-refractivity contribution in [3.8, 4) is 17.2 Å². The van der Waals surface area contributed by atoms with E-state index in [-0.39, 0.29) is 16.7 Å². The van der Waals surface area contributed by atoms with Crippen LogP contribution < -0.4 is 23.8 Å². The predicted molar refractivity (Wildman–Crippen MR) is 139 cm³/mol. The van der Waals surface area contributed by atoms with Crippen LogP contribution in [-0.2, 0) is 14.8 Å². The third-order valence-electron chi connectivity index (χ3n) is 5.62. The molecule has 3 aromatic carbocycles. The van der Waals surface area contributed by atoms with Crippen LogP contribution in [-0.4, -0.2) is 41.7 Å². The molecule has 0 saturated carbocycles. The number of nitrogens with zero attached hydrogens (tertiary/aromatic N) is 1. The normalized spacial score (nSPS) is 11.9. The average Bonchev–Trinajstić information content (AvgIpc) is 2.88. The molecule has 1 amide bonds. The predicted octanol–water partition coefficient (Wildman–Crippen LogP) is 4.48. The van der Waals surface area contributed by atoms with Crippen molar-refractivity contribution in [1.29, 1.82) is 0 Å². The van der Waals surface area contributed by atoms with Crippen LogP contribution in [0.5, 0.6) is 17.2 Å². The third-order valence-corrected chi connectivity index (χ3v) is 7.39. The number of methoxy groups -OCH3 is 2.